The van der Waals surface area contributed by atoms with Crippen molar-refractivity contribution in [2.75, 3.05) is 6.79 Å². The summed E-state index contributed by atoms with van der Waals surface area (Å²) in [5.74, 6) is -8.41. The van der Waals surface area contributed by atoms with Crippen molar-refractivity contribution in [2.24, 2.45) is 14.1 Å². The monoisotopic (exact) mass is 1110 g/mol. The van der Waals surface area contributed by atoms with Crippen molar-refractivity contribution in [3.63, 3.8) is 0 Å². The highest BCUT2D eigenvalue weighted by atomic mass is 35.5. The number of benzene rings is 5. The van der Waals surface area contributed by atoms with Crippen LogP contribution in [0.1, 0.15) is 74.2 Å². The van der Waals surface area contributed by atoms with E-state index in [1.807, 2.05) is 0 Å². The molecule has 2 aromatic heterocycles. The van der Waals surface area contributed by atoms with E-state index in [9.17, 15) is 50.9 Å². The molecular formula is C50H35Cl3F9N3O10. The van der Waals surface area contributed by atoms with Crippen LogP contribution in [0.25, 0.3) is 11.0 Å². The lowest BCUT2D eigenvalue weighted by Crippen LogP contribution is -2.50. The molecule has 0 spiro atoms. The molecule has 3 heterocycles. The molecule has 0 amide bonds. The van der Waals surface area contributed by atoms with E-state index < -0.39 is 103 Å². The molecule has 8 rings (SSSR count). The van der Waals surface area contributed by atoms with Crippen molar-refractivity contribution in [3.8, 4) is 34.6 Å². The fourth-order valence-corrected chi connectivity index (χ4v) is 9.68. The maximum atomic E-state index is 16.3. The second-order valence-electron chi connectivity index (χ2n) is 17.1. The van der Waals surface area contributed by atoms with Crippen LogP contribution in [0.4, 0.5) is 39.5 Å². The minimum absolute atomic E-state index is 0.00534. The Labute approximate surface area is 432 Å². The quantitative estimate of drug-likeness (QED) is 0.0835. The molecule has 13 nitrogen and oxygen atoms in total. The number of carboxylic acids is 1. The van der Waals surface area contributed by atoms with Gasteiger partial charge in [0.2, 0.25) is 18.3 Å². The molecule has 0 saturated carbocycles. The van der Waals surface area contributed by atoms with E-state index in [0.717, 1.165) is 85.1 Å². The second-order valence-corrected chi connectivity index (χ2v) is 18.3. The van der Waals surface area contributed by atoms with Gasteiger partial charge in [0, 0.05) is 59.9 Å². The number of alkyl halides is 9. The molecule has 0 fully saturated rings. The average molecular weight is 1120 g/mol. The Morgan fingerprint density at radius 3 is 1.79 bits per heavy atom. The zero-order chi connectivity index (χ0) is 54.9. The normalized spacial score (nSPS) is 15.2. The van der Waals surface area contributed by atoms with Crippen LogP contribution in [0.15, 0.2) is 108 Å². The maximum absolute atomic E-state index is 16.3. The summed E-state index contributed by atoms with van der Waals surface area (Å²) in [5, 5.41) is 19.3. The molecule has 394 valence electrons. The summed E-state index contributed by atoms with van der Waals surface area (Å²) in [7, 11) is 2.69. The van der Waals surface area contributed by atoms with Gasteiger partial charge < -0.3 is 33.9 Å². The number of aromatic nitrogens is 3. The third-order valence-electron chi connectivity index (χ3n) is 12.8. The Morgan fingerprint density at radius 2 is 1.21 bits per heavy atom. The van der Waals surface area contributed by atoms with Gasteiger partial charge in [-0.25, -0.2) is 19.4 Å². The number of hydrogen-bond donors (Lipinski definition) is 2. The maximum Gasteiger partial charge on any atom is 0.433 e. The van der Waals surface area contributed by atoms with Crippen LogP contribution in [0.2, 0.25) is 15.1 Å². The molecule has 1 aliphatic heterocycles. The lowest BCUT2D eigenvalue weighted by Gasteiger charge is -2.41. The van der Waals surface area contributed by atoms with E-state index >= 15 is 13.2 Å². The number of fused-ring (bicyclic) bond motifs is 2. The van der Waals surface area contributed by atoms with Gasteiger partial charge in [-0.3, -0.25) is 9.13 Å². The molecule has 0 saturated heterocycles. The van der Waals surface area contributed by atoms with Gasteiger partial charge in [-0.05, 0) is 77.4 Å². The van der Waals surface area contributed by atoms with Crippen LogP contribution < -0.4 is 24.6 Å². The Kier molecular flexibility index (Phi) is 14.1. The number of halogens is 12. The number of aliphatic hydroxyl groups is 1. The fourth-order valence-electron chi connectivity index (χ4n) is 8.76. The van der Waals surface area contributed by atoms with Crippen molar-refractivity contribution < 1.29 is 83.0 Å². The summed E-state index contributed by atoms with van der Waals surface area (Å²) < 4.78 is 164. The first kappa shape index (κ1) is 54.1. The smallest absolute Gasteiger partial charge is 0.433 e. The number of nitrogens with zero attached hydrogens (tertiary/aromatic N) is 3. The van der Waals surface area contributed by atoms with Gasteiger partial charge in [-0.2, -0.15) is 39.5 Å². The number of rotatable bonds is 13. The van der Waals surface area contributed by atoms with E-state index in [4.69, 9.17) is 58.5 Å². The third kappa shape index (κ3) is 9.75. The number of pyridine rings is 1. The number of esters is 1. The lowest BCUT2D eigenvalue weighted by molar-refractivity contribution is -0.274. The number of ether oxygens (including phenoxy) is 5. The summed E-state index contributed by atoms with van der Waals surface area (Å²) in [4.78, 5) is 42.2. The fraction of sp³-hybridized carbons (Fsp3) is 0.240. The molecule has 5 aromatic carbocycles. The van der Waals surface area contributed by atoms with Crippen LogP contribution in [-0.4, -0.2) is 55.4 Å². The molecule has 0 bridgehead atoms. The SMILES string of the molecule is CC(c1ccc(Oc2ccc(C(=O)OC(c3ccc4c(c3)n(C)c(=O)n4C)(C(C)c3ccc(Oc4cc(C(F)(F)F)c(C(=O)O)cn4)cc3Cl)C(F)(F)F)c(Cl)c2)cc1Cl)C(O)(c1ccc2c(c1)OCO2)C(F)(F)F. The first-order valence-electron chi connectivity index (χ1n) is 21.7. The zero-order valence-corrected chi connectivity index (χ0v) is 41.0. The summed E-state index contributed by atoms with van der Waals surface area (Å²) >= 11 is 19.6. The highest BCUT2D eigenvalue weighted by Crippen LogP contribution is 2.55. The highest BCUT2D eigenvalue weighted by Gasteiger charge is 2.64. The van der Waals surface area contributed by atoms with Gasteiger partial charge in [0.15, 0.2) is 17.1 Å². The Hall–Kier alpha value is -7.14. The van der Waals surface area contributed by atoms with E-state index in [1.54, 1.807) is 0 Å². The van der Waals surface area contributed by atoms with Crippen molar-refractivity contribution in [2.45, 2.75) is 55.4 Å². The Bertz CT molecular complexity index is 3490. The summed E-state index contributed by atoms with van der Waals surface area (Å²) in [6.07, 6.45) is -15.5. The number of carbonyl (C=O) groups is 2. The van der Waals surface area contributed by atoms with Crippen molar-refractivity contribution in [1.82, 2.24) is 14.1 Å². The zero-order valence-electron chi connectivity index (χ0n) is 38.7. The van der Waals surface area contributed by atoms with Crippen LogP contribution in [-0.2, 0) is 36.2 Å². The second kappa shape index (κ2) is 19.5. The molecule has 4 unspecified atom stereocenters. The molecule has 0 aliphatic carbocycles. The minimum Gasteiger partial charge on any atom is -0.478 e. The average Bonchev–Trinajstić information content (AvgIpc) is 3.89. The van der Waals surface area contributed by atoms with E-state index in [-0.39, 0.29) is 62.7 Å². The number of carboxylic acid groups (broad SMARTS) is 1. The summed E-state index contributed by atoms with van der Waals surface area (Å²) in [5.41, 5.74) is -12.7. The van der Waals surface area contributed by atoms with Crippen molar-refractivity contribution in [3.05, 3.63) is 168 Å². The molecule has 1 aliphatic rings. The summed E-state index contributed by atoms with van der Waals surface area (Å²) in [6.45, 7) is 1.91. The van der Waals surface area contributed by atoms with E-state index in [2.05, 4.69) is 4.98 Å². The van der Waals surface area contributed by atoms with Crippen LogP contribution in [0.3, 0.4) is 0 Å². The van der Waals surface area contributed by atoms with E-state index in [0.29, 0.717) is 12.3 Å². The summed E-state index contributed by atoms with van der Waals surface area (Å²) in [6, 6.07) is 16.5. The van der Waals surface area contributed by atoms with Gasteiger partial charge in [0.25, 0.3) is 0 Å². The number of aryl methyl sites for hydroxylation is 2. The molecule has 4 atom stereocenters. The van der Waals surface area contributed by atoms with Gasteiger partial charge in [-0.15, -0.1) is 0 Å². The predicted octanol–water partition coefficient (Wildman–Crippen LogP) is 13.2. The number of aromatic carboxylic acids is 1. The minimum atomic E-state index is -5.52. The van der Waals surface area contributed by atoms with Crippen LogP contribution >= 0.6 is 34.8 Å². The first-order valence-corrected chi connectivity index (χ1v) is 22.8. The molecule has 7 aromatic rings. The van der Waals surface area contributed by atoms with E-state index in [1.165, 1.54) is 42.9 Å². The molecule has 75 heavy (non-hydrogen) atoms. The molecule has 2 N–H and O–H groups in total. The highest BCUT2D eigenvalue weighted by molar-refractivity contribution is 6.34. The van der Waals surface area contributed by atoms with Gasteiger partial charge >= 0.3 is 36.2 Å². The number of imidazole rings is 1. The Morgan fingerprint density at radius 1 is 0.653 bits per heavy atom. The molecular weight excluding hydrogens is 1080 g/mol. The Balaban J connectivity index is 1.11. The topological polar surface area (TPSA) is 161 Å². The van der Waals surface area contributed by atoms with Crippen LogP contribution in [0.5, 0.6) is 34.6 Å². The van der Waals surface area contributed by atoms with Crippen LogP contribution in [0, 0.1) is 0 Å². The molecule has 0 radical (unpaired) electrons. The molecule has 25 heteroatoms. The lowest BCUT2D eigenvalue weighted by atomic mass is 9.77. The van der Waals surface area contributed by atoms with Gasteiger partial charge in [0.05, 0.1) is 32.7 Å². The van der Waals surface area contributed by atoms with Gasteiger partial charge in [-0.1, -0.05) is 72.9 Å². The predicted molar refractivity (Wildman–Crippen MR) is 251 cm³/mol. The third-order valence-corrected chi connectivity index (χ3v) is 13.7. The number of carbonyl (C=O) groups excluding carboxylic acids is 1. The van der Waals surface area contributed by atoms with Crippen molar-refractivity contribution in [1.29, 1.82) is 0 Å². The van der Waals surface area contributed by atoms with Crippen molar-refractivity contribution >= 4 is 57.8 Å². The van der Waals surface area contributed by atoms with Gasteiger partial charge in [0.1, 0.15) is 17.2 Å². The largest absolute Gasteiger partial charge is 0.478 e. The first-order chi connectivity index (χ1) is 35.0. The number of hydrogen-bond acceptors (Lipinski definition) is 10. The standard InChI is InChI=1S/C50H35Cl3F9N3O10/c1-23(46(70,49(57,58)59)25-6-14-40-41(16-25)72-22-71-40)30-10-7-27(17-35(30)51)73-28-9-12-32(37(53)18-28)44(68)75-47(50(60,61)62,26-5-13-38-39(15-26)65(4)45(69)64(38)3)24(2)31-11-8-29(19-36(31)52)74-42-20-34(48(54,55)56)33(21-63-42)43(66)67/h5-21,23-24,70H,22H2,1-4H3,(H,66,67).